The minimum Gasteiger partial charge on any atom is -0.401 e. The van der Waals surface area contributed by atoms with Gasteiger partial charge in [-0.1, -0.05) is 24.4 Å². The van der Waals surface area contributed by atoms with Crippen molar-refractivity contribution in [3.8, 4) is 11.6 Å². The molecule has 11 heteroatoms. The maximum absolute atomic E-state index is 12.9. The van der Waals surface area contributed by atoms with Crippen LogP contribution in [0.2, 0.25) is 0 Å². The van der Waals surface area contributed by atoms with Crippen molar-refractivity contribution in [2.45, 2.75) is 43.0 Å². The zero-order valence-corrected chi connectivity index (χ0v) is 18.2. The second-order valence-corrected chi connectivity index (χ2v) is 9.54. The molecule has 164 valence electrons. The third-order valence-electron chi connectivity index (χ3n) is 5.57. The normalized spacial score (nSPS) is 15.3. The molecule has 1 saturated carbocycles. The Morgan fingerprint density at radius 1 is 1.13 bits per heavy atom. The summed E-state index contributed by atoms with van der Waals surface area (Å²) in [4.78, 5) is 12.7. The molecule has 31 heavy (non-hydrogen) atoms. The monoisotopic (exact) mass is 444 g/mol. The molecule has 0 saturated heterocycles. The predicted octanol–water partition coefficient (Wildman–Crippen LogP) is 2.68. The molecule has 1 aliphatic carbocycles. The molecule has 3 aromatic rings. The highest BCUT2D eigenvalue weighted by molar-refractivity contribution is 7.89. The molecule has 0 atom stereocenters. The van der Waals surface area contributed by atoms with Gasteiger partial charge in [0.25, 0.3) is 11.8 Å². The number of aromatic nitrogens is 4. The fourth-order valence-corrected chi connectivity index (χ4v) is 5.13. The van der Waals surface area contributed by atoms with Crippen LogP contribution in [-0.2, 0) is 17.1 Å². The average molecular weight is 445 g/mol. The first-order valence-electron chi connectivity index (χ1n) is 10.1. The number of hydrogen-bond acceptors (Lipinski definition) is 7. The highest BCUT2D eigenvalue weighted by Gasteiger charge is 2.29. The van der Waals surface area contributed by atoms with Crippen molar-refractivity contribution >= 4 is 21.9 Å². The molecular formula is C20H24N6O4S. The third-order valence-corrected chi connectivity index (χ3v) is 7.49. The summed E-state index contributed by atoms with van der Waals surface area (Å²) in [5.41, 5.74) is 0.893. The Labute approximate surface area is 180 Å². The van der Waals surface area contributed by atoms with E-state index in [4.69, 9.17) is 4.42 Å². The molecule has 0 unspecified atom stereocenters. The molecule has 0 bridgehead atoms. The molecule has 0 spiro atoms. The van der Waals surface area contributed by atoms with Gasteiger partial charge in [0, 0.05) is 31.9 Å². The Hall–Kier alpha value is -3.05. The Kier molecular flexibility index (Phi) is 5.88. The van der Waals surface area contributed by atoms with Crippen LogP contribution in [0.3, 0.4) is 0 Å². The van der Waals surface area contributed by atoms with Gasteiger partial charge in [-0.2, -0.15) is 9.40 Å². The van der Waals surface area contributed by atoms with Crippen LogP contribution in [0.4, 0.5) is 6.01 Å². The lowest BCUT2D eigenvalue weighted by Crippen LogP contribution is -2.38. The number of rotatable bonds is 6. The van der Waals surface area contributed by atoms with E-state index in [0.717, 1.165) is 32.1 Å². The summed E-state index contributed by atoms with van der Waals surface area (Å²) in [5.74, 6) is -0.257. The number of carbonyl (C=O) groups is 1. The average Bonchev–Trinajstić information content (AvgIpc) is 3.42. The minimum atomic E-state index is -3.61. The number of amides is 1. The number of nitrogens with one attached hydrogen (secondary N) is 1. The van der Waals surface area contributed by atoms with Gasteiger partial charge in [0.15, 0.2) is 0 Å². The molecule has 2 heterocycles. The van der Waals surface area contributed by atoms with Crippen LogP contribution in [0.15, 0.2) is 45.8 Å². The van der Waals surface area contributed by atoms with Gasteiger partial charge in [-0.05, 0) is 43.2 Å². The van der Waals surface area contributed by atoms with E-state index in [2.05, 4.69) is 20.6 Å². The molecule has 0 aliphatic heterocycles. The van der Waals surface area contributed by atoms with Gasteiger partial charge in [0.05, 0.1) is 4.90 Å². The zero-order valence-electron chi connectivity index (χ0n) is 17.4. The van der Waals surface area contributed by atoms with Gasteiger partial charge in [-0.3, -0.25) is 14.8 Å². The molecular weight excluding hydrogens is 420 g/mol. The van der Waals surface area contributed by atoms with Crippen molar-refractivity contribution in [1.82, 2.24) is 24.3 Å². The van der Waals surface area contributed by atoms with Crippen molar-refractivity contribution in [1.29, 1.82) is 0 Å². The van der Waals surface area contributed by atoms with Crippen molar-refractivity contribution in [3.05, 3.63) is 42.1 Å². The van der Waals surface area contributed by atoms with Crippen LogP contribution < -0.4 is 5.32 Å². The number of hydrogen-bond donors (Lipinski definition) is 1. The van der Waals surface area contributed by atoms with Crippen molar-refractivity contribution in [2.24, 2.45) is 7.05 Å². The van der Waals surface area contributed by atoms with Crippen LogP contribution in [0.5, 0.6) is 0 Å². The molecule has 2 aromatic heterocycles. The first-order valence-corrected chi connectivity index (χ1v) is 11.5. The topological polar surface area (TPSA) is 123 Å². The number of sulfonamides is 1. The molecule has 1 aliphatic rings. The second-order valence-electron chi connectivity index (χ2n) is 7.54. The van der Waals surface area contributed by atoms with E-state index in [9.17, 15) is 13.2 Å². The first-order chi connectivity index (χ1) is 14.9. The van der Waals surface area contributed by atoms with Crippen molar-refractivity contribution in [2.75, 3.05) is 12.4 Å². The van der Waals surface area contributed by atoms with Gasteiger partial charge >= 0.3 is 6.01 Å². The van der Waals surface area contributed by atoms with Gasteiger partial charge < -0.3 is 4.42 Å². The van der Waals surface area contributed by atoms with Crippen LogP contribution >= 0.6 is 0 Å². The Morgan fingerprint density at radius 3 is 2.48 bits per heavy atom. The van der Waals surface area contributed by atoms with Crippen molar-refractivity contribution in [3.63, 3.8) is 0 Å². The zero-order chi connectivity index (χ0) is 22.0. The van der Waals surface area contributed by atoms with Crippen molar-refractivity contribution < 1.29 is 17.6 Å². The summed E-state index contributed by atoms with van der Waals surface area (Å²) in [5, 5.41) is 14.3. The summed E-state index contributed by atoms with van der Waals surface area (Å²) in [6.07, 6.45) is 6.59. The largest absolute Gasteiger partial charge is 0.401 e. The smallest absolute Gasteiger partial charge is 0.322 e. The van der Waals surface area contributed by atoms with Crippen LogP contribution in [0.25, 0.3) is 11.6 Å². The number of carbonyl (C=O) groups excluding carboxylic acids is 1. The second kappa shape index (κ2) is 8.60. The first kappa shape index (κ1) is 21.2. The lowest BCUT2D eigenvalue weighted by molar-refractivity contribution is 0.102. The number of benzene rings is 1. The SMILES string of the molecule is CN(C1CCCCC1)S(=O)(=O)c1ccc(C(=O)Nc2nnc(-c3ccnn3C)o2)cc1. The van der Waals surface area contributed by atoms with Crippen LogP contribution in [0.1, 0.15) is 42.5 Å². The summed E-state index contributed by atoms with van der Waals surface area (Å²) < 4.78 is 34.4. The molecule has 0 radical (unpaired) electrons. The van der Waals surface area contributed by atoms with Crippen LogP contribution in [0, 0.1) is 0 Å². The Morgan fingerprint density at radius 2 is 1.84 bits per heavy atom. The Bertz CT molecular complexity index is 1160. The lowest BCUT2D eigenvalue weighted by atomic mass is 9.96. The highest BCUT2D eigenvalue weighted by Crippen LogP contribution is 2.26. The number of aryl methyl sites for hydroxylation is 1. The quantitative estimate of drug-likeness (QED) is 0.620. The third kappa shape index (κ3) is 4.37. The van der Waals surface area contributed by atoms with E-state index in [1.54, 1.807) is 31.0 Å². The highest BCUT2D eigenvalue weighted by atomic mass is 32.2. The fraction of sp³-hybridized carbons (Fsp3) is 0.400. The van der Waals surface area contributed by atoms with Crippen LogP contribution in [-0.4, -0.2) is 51.7 Å². The number of nitrogens with zero attached hydrogens (tertiary/aromatic N) is 5. The van der Waals surface area contributed by atoms with E-state index in [-0.39, 0.29) is 28.4 Å². The molecule has 1 fully saturated rings. The molecule has 1 amide bonds. The van der Waals surface area contributed by atoms with E-state index >= 15 is 0 Å². The van der Waals surface area contributed by atoms with Gasteiger partial charge in [-0.15, -0.1) is 5.10 Å². The predicted molar refractivity (Wildman–Crippen MR) is 113 cm³/mol. The summed E-state index contributed by atoms with van der Waals surface area (Å²) in [6, 6.07) is 7.49. The van der Waals surface area contributed by atoms with E-state index < -0.39 is 15.9 Å². The maximum Gasteiger partial charge on any atom is 0.322 e. The van der Waals surface area contributed by atoms with Gasteiger partial charge in [0.1, 0.15) is 5.69 Å². The molecule has 1 aromatic carbocycles. The van der Waals surface area contributed by atoms with E-state index in [1.165, 1.54) is 28.6 Å². The standard InChI is InChI=1S/C20H24N6O4S/c1-25-17(12-13-21-25)19-23-24-20(30-19)22-18(27)14-8-10-16(11-9-14)31(28,29)26(2)15-6-4-3-5-7-15/h8-13,15H,3-7H2,1-2H3,(H,22,24,27). The molecule has 4 rings (SSSR count). The van der Waals surface area contributed by atoms with E-state index in [0.29, 0.717) is 5.69 Å². The number of anilines is 1. The lowest BCUT2D eigenvalue weighted by Gasteiger charge is -2.30. The fourth-order valence-electron chi connectivity index (χ4n) is 3.72. The summed E-state index contributed by atoms with van der Waals surface area (Å²) in [6.45, 7) is 0. The minimum absolute atomic E-state index is 0.0212. The maximum atomic E-state index is 12.9. The summed E-state index contributed by atoms with van der Waals surface area (Å²) >= 11 is 0. The van der Waals surface area contributed by atoms with Gasteiger partial charge in [-0.25, -0.2) is 8.42 Å². The Balaban J connectivity index is 1.45. The molecule has 10 nitrogen and oxygen atoms in total. The summed E-state index contributed by atoms with van der Waals surface area (Å²) in [7, 11) is -0.252. The molecule has 1 N–H and O–H groups in total. The van der Waals surface area contributed by atoms with Gasteiger partial charge in [0.2, 0.25) is 10.0 Å². The van der Waals surface area contributed by atoms with E-state index in [1.807, 2.05) is 0 Å².